The van der Waals surface area contributed by atoms with Crippen LogP contribution in [0.1, 0.15) is 0 Å². The highest BCUT2D eigenvalue weighted by molar-refractivity contribution is 6.31. The maximum Gasteiger partial charge on any atom is 0.324 e. The minimum Gasteiger partial charge on any atom is -0.497 e. The molecule has 1 heterocycles. The van der Waals surface area contributed by atoms with E-state index in [1.54, 1.807) is 18.2 Å². The van der Waals surface area contributed by atoms with Crippen molar-refractivity contribution in [3.05, 3.63) is 59.6 Å². The van der Waals surface area contributed by atoms with Gasteiger partial charge < -0.3 is 20.1 Å². The first-order valence-electron chi connectivity index (χ1n) is 8.32. The van der Waals surface area contributed by atoms with Crippen LogP contribution in [0.25, 0.3) is 0 Å². The van der Waals surface area contributed by atoms with Crippen molar-refractivity contribution >= 4 is 40.6 Å². The average Bonchev–Trinajstić information content (AvgIpc) is 2.70. The van der Waals surface area contributed by atoms with Crippen LogP contribution in [-0.2, 0) is 0 Å². The van der Waals surface area contributed by atoms with Crippen LogP contribution in [0.15, 0.2) is 48.8 Å². The molecule has 0 bridgehead atoms. The summed E-state index contributed by atoms with van der Waals surface area (Å²) in [6, 6.07) is 10.2. The predicted molar refractivity (Wildman–Crippen MR) is 109 cm³/mol. The van der Waals surface area contributed by atoms with Crippen molar-refractivity contribution in [3.8, 4) is 11.5 Å². The fourth-order valence-electron chi connectivity index (χ4n) is 2.37. The topological polar surface area (TPSA) is 97.4 Å². The zero-order valence-corrected chi connectivity index (χ0v) is 16.2. The zero-order valence-electron chi connectivity index (χ0n) is 15.5. The number of nitrogens with one attached hydrogen (secondary N) is 3. The van der Waals surface area contributed by atoms with Gasteiger partial charge in [-0.1, -0.05) is 11.6 Å². The molecular formula is C19H17ClFN5O3. The molecule has 3 aromatic rings. The number of halogens is 2. The van der Waals surface area contributed by atoms with Crippen molar-refractivity contribution in [2.75, 3.05) is 30.2 Å². The van der Waals surface area contributed by atoms with E-state index >= 15 is 0 Å². The largest absolute Gasteiger partial charge is 0.497 e. The molecule has 29 heavy (non-hydrogen) atoms. The van der Waals surface area contributed by atoms with Gasteiger partial charge in [0.2, 0.25) is 0 Å². The molecular weight excluding hydrogens is 401 g/mol. The van der Waals surface area contributed by atoms with Crippen LogP contribution in [0.3, 0.4) is 0 Å². The molecule has 3 N–H and O–H groups in total. The number of anilines is 4. The number of amides is 2. The molecule has 0 radical (unpaired) electrons. The molecule has 0 saturated carbocycles. The Labute approximate surface area is 171 Å². The number of methoxy groups -OCH3 is 2. The standard InChI is InChI=1S/C19H17ClFN5O3/c1-28-13-5-12(6-14(8-13)29-2)25-19(27)26-18-9-17(22-10-23-18)24-11-3-4-16(21)15(20)7-11/h3-10H,1-2H3,(H3,22,23,24,25,26,27). The number of carbonyl (C=O) groups is 1. The molecule has 8 nitrogen and oxygen atoms in total. The van der Waals surface area contributed by atoms with Gasteiger partial charge in [0.1, 0.15) is 35.3 Å². The minimum absolute atomic E-state index is 0.0181. The van der Waals surface area contributed by atoms with Crippen molar-refractivity contribution in [3.63, 3.8) is 0 Å². The van der Waals surface area contributed by atoms with E-state index in [0.29, 0.717) is 28.7 Å². The van der Waals surface area contributed by atoms with Crippen LogP contribution >= 0.6 is 11.6 Å². The quantitative estimate of drug-likeness (QED) is 0.539. The van der Waals surface area contributed by atoms with E-state index in [1.807, 2.05) is 0 Å². The lowest BCUT2D eigenvalue weighted by Gasteiger charge is -2.11. The molecule has 0 saturated heterocycles. The van der Waals surface area contributed by atoms with E-state index in [0.717, 1.165) is 0 Å². The summed E-state index contributed by atoms with van der Waals surface area (Å²) in [6.07, 6.45) is 1.28. The Morgan fingerprint density at radius 1 is 0.931 bits per heavy atom. The lowest BCUT2D eigenvalue weighted by atomic mass is 10.3. The van der Waals surface area contributed by atoms with Crippen molar-refractivity contribution in [2.45, 2.75) is 0 Å². The van der Waals surface area contributed by atoms with Gasteiger partial charge in [-0.2, -0.15) is 0 Å². The van der Waals surface area contributed by atoms with Crippen LogP contribution in [0, 0.1) is 5.82 Å². The molecule has 0 spiro atoms. The van der Waals surface area contributed by atoms with Gasteiger partial charge in [0, 0.05) is 35.6 Å². The number of hydrogen-bond donors (Lipinski definition) is 3. The first kappa shape index (κ1) is 20.2. The molecule has 3 rings (SSSR count). The second-order valence-electron chi connectivity index (χ2n) is 5.72. The summed E-state index contributed by atoms with van der Waals surface area (Å²) in [7, 11) is 3.03. The number of ether oxygens (including phenoxy) is 2. The number of rotatable bonds is 6. The fraction of sp³-hybridized carbons (Fsp3) is 0.105. The lowest BCUT2D eigenvalue weighted by Crippen LogP contribution is -2.20. The Balaban J connectivity index is 1.68. The molecule has 2 aromatic carbocycles. The SMILES string of the molecule is COc1cc(NC(=O)Nc2cc(Nc3ccc(F)c(Cl)c3)ncn2)cc(OC)c1. The Morgan fingerprint density at radius 3 is 2.28 bits per heavy atom. The first-order chi connectivity index (χ1) is 14.0. The van der Waals surface area contributed by atoms with Crippen LogP contribution in [-0.4, -0.2) is 30.2 Å². The minimum atomic E-state index is -0.520. The number of aromatic nitrogens is 2. The van der Waals surface area contributed by atoms with Gasteiger partial charge in [-0.25, -0.2) is 19.2 Å². The van der Waals surface area contributed by atoms with E-state index in [4.69, 9.17) is 21.1 Å². The fourth-order valence-corrected chi connectivity index (χ4v) is 2.55. The van der Waals surface area contributed by atoms with E-state index in [2.05, 4.69) is 25.9 Å². The number of nitrogens with zero attached hydrogens (tertiary/aromatic N) is 2. The van der Waals surface area contributed by atoms with Gasteiger partial charge >= 0.3 is 6.03 Å². The normalized spacial score (nSPS) is 10.2. The summed E-state index contributed by atoms with van der Waals surface area (Å²) >= 11 is 5.77. The number of benzene rings is 2. The van der Waals surface area contributed by atoms with E-state index < -0.39 is 11.8 Å². The highest BCUT2D eigenvalue weighted by atomic mass is 35.5. The predicted octanol–water partition coefficient (Wildman–Crippen LogP) is 4.67. The van der Waals surface area contributed by atoms with Crippen molar-refractivity contribution in [1.82, 2.24) is 9.97 Å². The molecule has 1 aromatic heterocycles. The van der Waals surface area contributed by atoms with Gasteiger partial charge in [0.25, 0.3) is 0 Å². The van der Waals surface area contributed by atoms with Gasteiger partial charge in [-0.3, -0.25) is 5.32 Å². The smallest absolute Gasteiger partial charge is 0.324 e. The van der Waals surface area contributed by atoms with Crippen LogP contribution < -0.4 is 25.4 Å². The highest BCUT2D eigenvalue weighted by Gasteiger charge is 2.09. The third-order valence-electron chi connectivity index (χ3n) is 3.71. The lowest BCUT2D eigenvalue weighted by molar-refractivity contribution is 0.262. The Bertz CT molecular complexity index is 1010. The Morgan fingerprint density at radius 2 is 1.62 bits per heavy atom. The first-order valence-corrected chi connectivity index (χ1v) is 8.70. The van der Waals surface area contributed by atoms with Gasteiger partial charge in [0.15, 0.2) is 0 Å². The Kier molecular flexibility index (Phi) is 6.30. The van der Waals surface area contributed by atoms with Crippen LogP contribution in [0.5, 0.6) is 11.5 Å². The van der Waals surface area contributed by atoms with Crippen LogP contribution in [0.4, 0.5) is 32.2 Å². The van der Waals surface area contributed by atoms with Crippen LogP contribution in [0.2, 0.25) is 5.02 Å². The van der Waals surface area contributed by atoms with E-state index in [1.165, 1.54) is 44.8 Å². The van der Waals surface area contributed by atoms with Gasteiger partial charge in [0.05, 0.1) is 19.2 Å². The number of urea groups is 1. The number of carbonyl (C=O) groups excluding carboxylic acids is 1. The molecule has 0 aliphatic rings. The average molecular weight is 418 g/mol. The second kappa shape index (κ2) is 9.07. The maximum absolute atomic E-state index is 13.3. The molecule has 0 aliphatic heterocycles. The summed E-state index contributed by atoms with van der Waals surface area (Å²) in [6.45, 7) is 0. The van der Waals surface area contributed by atoms with Crippen molar-refractivity contribution in [1.29, 1.82) is 0 Å². The molecule has 150 valence electrons. The van der Waals surface area contributed by atoms with E-state index in [9.17, 15) is 9.18 Å². The number of hydrogen-bond acceptors (Lipinski definition) is 6. The van der Waals surface area contributed by atoms with Gasteiger partial charge in [-0.15, -0.1) is 0 Å². The van der Waals surface area contributed by atoms with Crippen molar-refractivity contribution < 1.29 is 18.7 Å². The van der Waals surface area contributed by atoms with Gasteiger partial charge in [-0.05, 0) is 18.2 Å². The highest BCUT2D eigenvalue weighted by Crippen LogP contribution is 2.26. The zero-order chi connectivity index (χ0) is 20.8. The summed E-state index contributed by atoms with van der Waals surface area (Å²) in [5.41, 5.74) is 1.01. The third-order valence-corrected chi connectivity index (χ3v) is 4.00. The van der Waals surface area contributed by atoms with Crippen molar-refractivity contribution in [2.24, 2.45) is 0 Å². The Hall–Kier alpha value is -3.59. The molecule has 0 unspecified atom stereocenters. The van der Waals surface area contributed by atoms with E-state index in [-0.39, 0.29) is 10.8 Å². The second-order valence-corrected chi connectivity index (χ2v) is 6.13. The molecule has 10 heteroatoms. The summed E-state index contributed by atoms with van der Waals surface area (Å²) in [4.78, 5) is 20.4. The third kappa shape index (κ3) is 5.45. The molecule has 0 atom stereocenters. The molecule has 2 amide bonds. The summed E-state index contributed by atoms with van der Waals surface area (Å²) in [5, 5.41) is 8.22. The molecule has 0 fully saturated rings. The molecule has 0 aliphatic carbocycles. The maximum atomic E-state index is 13.3. The summed E-state index contributed by atoms with van der Waals surface area (Å²) < 4.78 is 23.6. The monoisotopic (exact) mass is 417 g/mol. The summed E-state index contributed by atoms with van der Waals surface area (Å²) in [5.74, 6) is 1.19.